The fraction of sp³-hybridized carbons (Fsp3) is 0.412. The number of hydrogen-bond donors (Lipinski definition) is 3. The fourth-order valence-electron chi connectivity index (χ4n) is 2.23. The van der Waals surface area contributed by atoms with Gasteiger partial charge in [-0.05, 0) is 52.1 Å². The van der Waals surface area contributed by atoms with Gasteiger partial charge in [0.05, 0.1) is 13.1 Å². The number of halogens is 1. The van der Waals surface area contributed by atoms with Crippen LogP contribution in [0.2, 0.25) is 0 Å². The minimum Gasteiger partial charge on any atom is -0.368 e. The lowest BCUT2D eigenvalue weighted by Gasteiger charge is -2.23. The molecule has 1 aromatic carbocycles. The van der Waals surface area contributed by atoms with Gasteiger partial charge in [0.1, 0.15) is 11.6 Å². The fourth-order valence-corrected chi connectivity index (χ4v) is 2.23. The molecule has 2 aromatic rings. The van der Waals surface area contributed by atoms with Gasteiger partial charge in [0.15, 0.2) is 0 Å². The van der Waals surface area contributed by atoms with E-state index in [4.69, 9.17) is 5.73 Å². The van der Waals surface area contributed by atoms with Crippen molar-refractivity contribution in [1.29, 1.82) is 0 Å². The quantitative estimate of drug-likeness (QED) is 0.718. The number of nitrogens with two attached hydrogens (primary N) is 1. The molecule has 0 unspecified atom stereocenters. The number of rotatable bonds is 6. The molecule has 0 fully saturated rings. The van der Waals surface area contributed by atoms with Gasteiger partial charge < -0.3 is 16.4 Å². The summed E-state index contributed by atoms with van der Waals surface area (Å²) in [4.78, 5) is 26.2. The first-order chi connectivity index (χ1) is 12.1. The number of nitrogen functional groups attached to an aromatic ring is 1. The minimum atomic E-state index is -0.332. The van der Waals surface area contributed by atoms with Gasteiger partial charge >= 0.3 is 0 Å². The van der Waals surface area contributed by atoms with Crippen LogP contribution < -0.4 is 16.4 Å². The molecule has 0 saturated carbocycles. The lowest BCUT2D eigenvalue weighted by molar-refractivity contribution is -0.123. The third-order valence-corrected chi connectivity index (χ3v) is 3.14. The number of aromatic nitrogens is 3. The Morgan fingerprint density at radius 2 is 1.85 bits per heavy atom. The van der Waals surface area contributed by atoms with E-state index in [0.29, 0.717) is 18.1 Å². The number of nitrogens with zero attached hydrogens (tertiary/aromatic N) is 4. The van der Waals surface area contributed by atoms with Gasteiger partial charge in [-0.3, -0.25) is 9.69 Å². The second-order valence-electron chi connectivity index (χ2n) is 7.04. The molecule has 0 radical (unpaired) electrons. The van der Waals surface area contributed by atoms with Gasteiger partial charge in [-0.1, -0.05) is 0 Å². The molecule has 140 valence electrons. The molecule has 1 amide bonds. The van der Waals surface area contributed by atoms with E-state index in [1.807, 2.05) is 20.8 Å². The molecule has 0 spiro atoms. The predicted molar refractivity (Wildman–Crippen MR) is 98.2 cm³/mol. The van der Waals surface area contributed by atoms with Crippen LogP contribution in [0.4, 0.5) is 22.0 Å². The Bertz CT molecular complexity index is 759. The molecule has 4 N–H and O–H groups in total. The Labute approximate surface area is 152 Å². The van der Waals surface area contributed by atoms with E-state index in [1.165, 1.54) is 12.1 Å². The number of benzene rings is 1. The average molecular weight is 361 g/mol. The number of hydrogen-bond acceptors (Lipinski definition) is 7. The summed E-state index contributed by atoms with van der Waals surface area (Å²) in [5.74, 6) is 0.320. The molecular weight excluding hydrogens is 337 g/mol. The molecule has 0 aliphatic heterocycles. The molecule has 0 aliphatic rings. The molecule has 0 aliphatic carbocycles. The highest BCUT2D eigenvalue weighted by molar-refractivity contribution is 5.78. The Kier molecular flexibility index (Phi) is 6.04. The van der Waals surface area contributed by atoms with Crippen LogP contribution in [0.1, 0.15) is 26.6 Å². The smallest absolute Gasteiger partial charge is 0.234 e. The number of anilines is 3. The zero-order valence-corrected chi connectivity index (χ0v) is 15.4. The van der Waals surface area contributed by atoms with Crippen LogP contribution in [0.25, 0.3) is 0 Å². The molecule has 8 nitrogen and oxygen atoms in total. The third-order valence-electron chi connectivity index (χ3n) is 3.14. The lowest BCUT2D eigenvalue weighted by atomic mass is 10.1. The normalized spacial score (nSPS) is 11.5. The van der Waals surface area contributed by atoms with Gasteiger partial charge in [-0.25, -0.2) is 4.39 Å². The maximum absolute atomic E-state index is 13.0. The van der Waals surface area contributed by atoms with Crippen LogP contribution in [0.15, 0.2) is 24.3 Å². The van der Waals surface area contributed by atoms with Crippen molar-refractivity contribution < 1.29 is 9.18 Å². The van der Waals surface area contributed by atoms with Crippen molar-refractivity contribution in [2.75, 3.05) is 24.6 Å². The van der Waals surface area contributed by atoms with E-state index >= 15 is 0 Å². The summed E-state index contributed by atoms with van der Waals surface area (Å²) in [5, 5.41) is 5.85. The summed E-state index contributed by atoms with van der Waals surface area (Å²) in [7, 11) is 1.79. The van der Waals surface area contributed by atoms with Crippen molar-refractivity contribution in [3.8, 4) is 0 Å². The standard InChI is InChI=1S/C17H24FN7O/c1-17(2,3)24-14(26)10-25(4)9-13-21-15(19)23-16(22-13)20-12-7-5-11(18)6-8-12/h5-8H,9-10H2,1-4H3,(H,24,26)(H3,19,20,21,22,23). The summed E-state index contributed by atoms with van der Waals surface area (Å²) in [6.07, 6.45) is 0. The Hall–Kier alpha value is -2.81. The molecule has 9 heteroatoms. The molecule has 0 atom stereocenters. The summed E-state index contributed by atoms with van der Waals surface area (Å²) < 4.78 is 13.0. The van der Waals surface area contributed by atoms with Gasteiger partial charge in [-0.2, -0.15) is 15.0 Å². The van der Waals surface area contributed by atoms with Gasteiger partial charge in [0.25, 0.3) is 0 Å². The highest BCUT2D eigenvalue weighted by Gasteiger charge is 2.16. The van der Waals surface area contributed by atoms with Gasteiger partial charge in [0.2, 0.25) is 17.8 Å². The van der Waals surface area contributed by atoms with Crippen molar-refractivity contribution in [3.63, 3.8) is 0 Å². The van der Waals surface area contributed by atoms with Crippen LogP contribution in [0.5, 0.6) is 0 Å². The van der Waals surface area contributed by atoms with Crippen LogP contribution in [0.3, 0.4) is 0 Å². The zero-order chi connectivity index (χ0) is 19.3. The molecular formula is C17H24FN7O. The molecule has 0 saturated heterocycles. The second kappa shape index (κ2) is 8.05. The van der Waals surface area contributed by atoms with Crippen molar-refractivity contribution in [3.05, 3.63) is 35.9 Å². The first-order valence-corrected chi connectivity index (χ1v) is 8.13. The molecule has 1 aromatic heterocycles. The molecule has 26 heavy (non-hydrogen) atoms. The molecule has 1 heterocycles. The Morgan fingerprint density at radius 3 is 2.46 bits per heavy atom. The number of carbonyl (C=O) groups is 1. The molecule has 0 bridgehead atoms. The largest absolute Gasteiger partial charge is 0.368 e. The SMILES string of the molecule is CN(CC(=O)NC(C)(C)C)Cc1nc(N)nc(Nc2ccc(F)cc2)n1. The van der Waals surface area contributed by atoms with E-state index in [0.717, 1.165) is 0 Å². The highest BCUT2D eigenvalue weighted by Crippen LogP contribution is 2.14. The summed E-state index contributed by atoms with van der Waals surface area (Å²) in [5.41, 5.74) is 6.07. The Morgan fingerprint density at radius 1 is 1.19 bits per heavy atom. The van der Waals surface area contributed by atoms with Crippen molar-refractivity contribution in [2.24, 2.45) is 0 Å². The number of likely N-dealkylation sites (N-methyl/N-ethyl adjacent to an activating group) is 1. The van der Waals surface area contributed by atoms with Crippen LogP contribution in [-0.2, 0) is 11.3 Å². The van der Waals surface area contributed by atoms with E-state index in [1.54, 1.807) is 24.1 Å². The lowest BCUT2D eigenvalue weighted by Crippen LogP contribution is -2.45. The summed E-state index contributed by atoms with van der Waals surface area (Å²) in [6.45, 7) is 6.28. The van der Waals surface area contributed by atoms with E-state index in [9.17, 15) is 9.18 Å². The minimum absolute atomic E-state index is 0.0622. The topological polar surface area (TPSA) is 109 Å². The first-order valence-electron chi connectivity index (χ1n) is 8.13. The van der Waals surface area contributed by atoms with Crippen molar-refractivity contribution in [2.45, 2.75) is 32.9 Å². The van der Waals surface area contributed by atoms with Crippen LogP contribution in [-0.4, -0.2) is 44.9 Å². The Balaban J connectivity index is 2.02. The first kappa shape index (κ1) is 19.5. The highest BCUT2D eigenvalue weighted by atomic mass is 19.1. The number of carbonyl (C=O) groups excluding carboxylic acids is 1. The zero-order valence-electron chi connectivity index (χ0n) is 15.4. The molecule has 2 rings (SSSR count). The average Bonchev–Trinajstić information content (AvgIpc) is 2.46. The van der Waals surface area contributed by atoms with Gasteiger partial charge in [-0.15, -0.1) is 0 Å². The predicted octanol–water partition coefficient (Wildman–Crippen LogP) is 1.68. The summed E-state index contributed by atoms with van der Waals surface area (Å²) >= 11 is 0. The van der Waals surface area contributed by atoms with E-state index < -0.39 is 0 Å². The van der Waals surface area contributed by atoms with E-state index in [-0.39, 0.29) is 35.7 Å². The van der Waals surface area contributed by atoms with Crippen LogP contribution in [0, 0.1) is 5.82 Å². The maximum atomic E-state index is 13.0. The van der Waals surface area contributed by atoms with E-state index in [2.05, 4.69) is 25.6 Å². The second-order valence-corrected chi connectivity index (χ2v) is 7.04. The third kappa shape index (κ3) is 6.60. The maximum Gasteiger partial charge on any atom is 0.234 e. The van der Waals surface area contributed by atoms with Crippen LogP contribution >= 0.6 is 0 Å². The summed E-state index contributed by atoms with van der Waals surface area (Å²) in [6, 6.07) is 5.79. The monoisotopic (exact) mass is 361 g/mol. The van der Waals surface area contributed by atoms with Gasteiger partial charge in [0, 0.05) is 11.2 Å². The van der Waals surface area contributed by atoms with Crippen molar-refractivity contribution in [1.82, 2.24) is 25.2 Å². The van der Waals surface area contributed by atoms with Crippen molar-refractivity contribution >= 4 is 23.5 Å². The number of amides is 1. The number of nitrogens with one attached hydrogen (secondary N) is 2.